The van der Waals surface area contributed by atoms with E-state index in [9.17, 15) is 8.42 Å². The molecule has 0 fully saturated rings. The number of methoxy groups -OCH3 is 1. The van der Waals surface area contributed by atoms with Crippen LogP contribution in [-0.4, -0.2) is 45.6 Å². The number of ether oxygens (including phenoxy) is 1. The molecule has 0 aliphatic carbocycles. The average molecular weight is 399 g/mol. The molecule has 1 aromatic rings. The van der Waals surface area contributed by atoms with Crippen LogP contribution >= 0.6 is 27.3 Å². The average Bonchev–Trinajstić information content (AvgIpc) is 2.79. The van der Waals surface area contributed by atoms with Crippen molar-refractivity contribution in [3.05, 3.63) is 14.7 Å². The molecule has 1 atom stereocenters. The van der Waals surface area contributed by atoms with Gasteiger partial charge in [-0.3, -0.25) is 0 Å². The maximum atomic E-state index is 12.8. The highest BCUT2D eigenvalue weighted by Gasteiger charge is 2.30. The molecule has 1 N–H and O–H groups in total. The van der Waals surface area contributed by atoms with E-state index in [-0.39, 0.29) is 6.04 Å². The van der Waals surface area contributed by atoms with E-state index in [4.69, 9.17) is 4.74 Å². The van der Waals surface area contributed by atoms with Gasteiger partial charge in [-0.25, -0.2) is 8.42 Å². The molecule has 0 saturated heterocycles. The van der Waals surface area contributed by atoms with Crippen LogP contribution in [0.25, 0.3) is 0 Å². The van der Waals surface area contributed by atoms with E-state index < -0.39 is 10.0 Å². The van der Waals surface area contributed by atoms with Gasteiger partial charge in [0.25, 0.3) is 0 Å². The third-order valence-electron chi connectivity index (χ3n) is 3.05. The Bertz CT molecular complexity index is 546. The first-order valence-corrected chi connectivity index (χ1v) is 9.93. The number of rotatable bonds is 9. The summed E-state index contributed by atoms with van der Waals surface area (Å²) in [5, 5.41) is 3.20. The number of hydrogen-bond acceptors (Lipinski definition) is 5. The number of halogens is 1. The van der Waals surface area contributed by atoms with Gasteiger partial charge < -0.3 is 10.1 Å². The number of nitrogens with one attached hydrogen (secondary N) is 1. The van der Waals surface area contributed by atoms with Crippen molar-refractivity contribution in [3.8, 4) is 0 Å². The summed E-state index contributed by atoms with van der Waals surface area (Å²) in [5.74, 6) is 0. The first-order chi connectivity index (χ1) is 9.88. The van der Waals surface area contributed by atoms with Crippen LogP contribution in [0.15, 0.2) is 14.7 Å². The summed E-state index contributed by atoms with van der Waals surface area (Å²) in [4.78, 5) is 1.34. The zero-order chi connectivity index (χ0) is 16.0. The molecule has 0 aromatic carbocycles. The van der Waals surface area contributed by atoms with E-state index >= 15 is 0 Å². The van der Waals surface area contributed by atoms with E-state index in [1.807, 2.05) is 20.8 Å². The van der Waals surface area contributed by atoms with Crippen molar-refractivity contribution in [2.45, 2.75) is 38.3 Å². The Kier molecular flexibility index (Phi) is 7.80. The molecule has 0 amide bonds. The third-order valence-corrected chi connectivity index (χ3v) is 7.39. The Morgan fingerprint density at radius 1 is 1.48 bits per heavy atom. The van der Waals surface area contributed by atoms with E-state index in [2.05, 4.69) is 21.2 Å². The minimum absolute atomic E-state index is 0.200. The quantitative estimate of drug-likeness (QED) is 0.694. The zero-order valence-electron chi connectivity index (χ0n) is 12.8. The molecule has 8 heteroatoms. The molecule has 1 unspecified atom stereocenters. The number of likely N-dealkylation sites (N-methyl/N-ethyl adjacent to an activating group) is 1. The van der Waals surface area contributed by atoms with Gasteiger partial charge in [-0.1, -0.05) is 13.8 Å². The highest BCUT2D eigenvalue weighted by Crippen LogP contribution is 2.34. The summed E-state index contributed by atoms with van der Waals surface area (Å²) >= 11 is 4.84. The molecule has 122 valence electrons. The van der Waals surface area contributed by atoms with Gasteiger partial charge in [-0.2, -0.15) is 4.31 Å². The summed E-state index contributed by atoms with van der Waals surface area (Å²) in [6.07, 6.45) is 0. The fourth-order valence-electron chi connectivity index (χ4n) is 2.08. The Hall–Kier alpha value is 0.01000. The normalized spacial score (nSPS) is 13.8. The molecule has 0 radical (unpaired) electrons. The monoisotopic (exact) mass is 398 g/mol. The second-order valence-corrected chi connectivity index (χ2v) is 8.96. The molecule has 1 aromatic heterocycles. The summed E-state index contributed by atoms with van der Waals surface area (Å²) in [5.41, 5.74) is 0. The topological polar surface area (TPSA) is 58.6 Å². The third kappa shape index (κ3) is 4.74. The number of thiophene rings is 1. The lowest BCUT2D eigenvalue weighted by molar-refractivity contribution is 0.142. The van der Waals surface area contributed by atoms with Crippen LogP contribution in [0.4, 0.5) is 0 Å². The van der Waals surface area contributed by atoms with Crippen molar-refractivity contribution < 1.29 is 13.2 Å². The SMILES string of the molecule is CCNCc1cc(S(=O)(=O)N(CC)C(C)COC)c(Br)s1. The van der Waals surface area contributed by atoms with Crippen molar-refractivity contribution in [1.29, 1.82) is 0 Å². The molecular formula is C13H23BrN2O3S2. The number of hydrogen-bond donors (Lipinski definition) is 1. The van der Waals surface area contributed by atoms with Crippen LogP contribution < -0.4 is 5.32 Å². The second kappa shape index (κ2) is 8.59. The van der Waals surface area contributed by atoms with Gasteiger partial charge in [0.1, 0.15) is 4.90 Å². The van der Waals surface area contributed by atoms with E-state index in [1.54, 1.807) is 13.2 Å². The number of sulfonamides is 1. The lowest BCUT2D eigenvalue weighted by atomic mass is 10.4. The highest BCUT2D eigenvalue weighted by molar-refractivity contribution is 9.11. The van der Waals surface area contributed by atoms with E-state index in [1.165, 1.54) is 15.6 Å². The first-order valence-electron chi connectivity index (χ1n) is 6.88. The summed E-state index contributed by atoms with van der Waals surface area (Å²) < 4.78 is 32.8. The first kappa shape index (κ1) is 19.1. The van der Waals surface area contributed by atoms with E-state index in [0.717, 1.165) is 11.4 Å². The molecule has 1 heterocycles. The van der Waals surface area contributed by atoms with Crippen molar-refractivity contribution in [1.82, 2.24) is 9.62 Å². The minimum Gasteiger partial charge on any atom is -0.383 e. The number of nitrogens with zero attached hydrogens (tertiary/aromatic N) is 1. The van der Waals surface area contributed by atoms with Gasteiger partial charge in [0.15, 0.2) is 0 Å². The summed E-state index contributed by atoms with van der Waals surface area (Å²) in [6.45, 7) is 8.02. The molecule has 21 heavy (non-hydrogen) atoms. The Balaban J connectivity index is 3.08. The Morgan fingerprint density at radius 3 is 2.67 bits per heavy atom. The second-order valence-electron chi connectivity index (χ2n) is 4.64. The minimum atomic E-state index is -3.52. The molecule has 0 aliphatic heterocycles. The summed E-state index contributed by atoms with van der Waals surface area (Å²) in [6, 6.07) is 1.54. The van der Waals surface area contributed by atoms with Crippen LogP contribution in [-0.2, 0) is 21.3 Å². The van der Waals surface area contributed by atoms with Crippen LogP contribution in [0.3, 0.4) is 0 Å². The van der Waals surface area contributed by atoms with Gasteiger partial charge in [-0.15, -0.1) is 11.3 Å². The smallest absolute Gasteiger partial charge is 0.245 e. The van der Waals surface area contributed by atoms with Crippen molar-refractivity contribution in [2.75, 3.05) is 26.8 Å². The summed E-state index contributed by atoms with van der Waals surface area (Å²) in [7, 11) is -1.94. The Labute approximate surface area is 139 Å². The molecule has 0 bridgehead atoms. The molecule has 5 nitrogen and oxygen atoms in total. The molecule has 0 aliphatic rings. The van der Waals surface area contributed by atoms with Crippen molar-refractivity contribution >= 4 is 37.3 Å². The van der Waals surface area contributed by atoms with Crippen LogP contribution in [0, 0.1) is 0 Å². The van der Waals surface area contributed by atoms with Gasteiger partial charge in [0, 0.05) is 31.1 Å². The van der Waals surface area contributed by atoms with Gasteiger partial charge in [0.05, 0.1) is 10.4 Å². The van der Waals surface area contributed by atoms with Crippen molar-refractivity contribution in [3.63, 3.8) is 0 Å². The van der Waals surface area contributed by atoms with Gasteiger partial charge in [-0.05, 0) is 35.5 Å². The predicted octanol–water partition coefficient (Wildman–Crippen LogP) is 2.67. The molecule has 1 rings (SSSR count). The van der Waals surface area contributed by atoms with Gasteiger partial charge in [0.2, 0.25) is 10.0 Å². The van der Waals surface area contributed by atoms with Gasteiger partial charge >= 0.3 is 0 Å². The maximum Gasteiger partial charge on any atom is 0.245 e. The largest absolute Gasteiger partial charge is 0.383 e. The Morgan fingerprint density at radius 2 is 2.14 bits per heavy atom. The predicted molar refractivity (Wildman–Crippen MR) is 90.3 cm³/mol. The lowest BCUT2D eigenvalue weighted by Gasteiger charge is -2.26. The molecular weight excluding hydrogens is 376 g/mol. The van der Waals surface area contributed by atoms with E-state index in [0.29, 0.717) is 28.4 Å². The molecule has 0 saturated carbocycles. The molecule has 0 spiro atoms. The van der Waals surface area contributed by atoms with Crippen molar-refractivity contribution in [2.24, 2.45) is 0 Å². The zero-order valence-corrected chi connectivity index (χ0v) is 16.1. The highest BCUT2D eigenvalue weighted by atomic mass is 79.9. The van der Waals surface area contributed by atoms with Crippen LogP contribution in [0.5, 0.6) is 0 Å². The fourth-order valence-corrected chi connectivity index (χ4v) is 6.31. The maximum absolute atomic E-state index is 12.8. The van der Waals surface area contributed by atoms with Crippen LogP contribution in [0.2, 0.25) is 0 Å². The van der Waals surface area contributed by atoms with Crippen LogP contribution in [0.1, 0.15) is 25.6 Å². The standard InChI is InChI=1S/C13H23BrN2O3S2/c1-5-15-8-11-7-12(13(14)20-11)21(17,18)16(6-2)10(3)9-19-4/h7,10,15H,5-6,8-9H2,1-4H3. The fraction of sp³-hybridized carbons (Fsp3) is 0.692. The lowest BCUT2D eigenvalue weighted by Crippen LogP contribution is -2.40.